The molecule has 0 heterocycles. The number of hydrogen-bond acceptors (Lipinski definition) is 2. The highest BCUT2D eigenvalue weighted by Crippen LogP contribution is 2.57. The van der Waals surface area contributed by atoms with Crippen molar-refractivity contribution in [2.75, 3.05) is 6.61 Å². The molecular formula is C24H30O2. The number of rotatable bonds is 4. The molecule has 1 fully saturated rings. The van der Waals surface area contributed by atoms with E-state index < -0.39 is 0 Å². The van der Waals surface area contributed by atoms with Crippen molar-refractivity contribution >= 4 is 0 Å². The van der Waals surface area contributed by atoms with Gasteiger partial charge < -0.3 is 9.84 Å². The minimum Gasteiger partial charge on any atom is -0.489 e. The molecule has 2 aromatic carbocycles. The molecule has 0 bridgehead atoms. The van der Waals surface area contributed by atoms with Crippen LogP contribution in [0.2, 0.25) is 0 Å². The molecule has 1 N–H and O–H groups in total. The van der Waals surface area contributed by atoms with Crippen LogP contribution >= 0.6 is 0 Å². The summed E-state index contributed by atoms with van der Waals surface area (Å²) in [7, 11) is 0. The number of aliphatic hydroxyl groups is 1. The summed E-state index contributed by atoms with van der Waals surface area (Å²) >= 11 is 0. The van der Waals surface area contributed by atoms with Crippen LogP contribution in [-0.4, -0.2) is 11.7 Å². The van der Waals surface area contributed by atoms with Gasteiger partial charge in [-0.25, -0.2) is 0 Å². The monoisotopic (exact) mass is 350 g/mol. The van der Waals surface area contributed by atoms with Gasteiger partial charge in [0.15, 0.2) is 0 Å². The molecule has 0 saturated heterocycles. The van der Waals surface area contributed by atoms with E-state index in [4.69, 9.17) is 4.74 Å². The molecule has 0 unspecified atom stereocenters. The van der Waals surface area contributed by atoms with Gasteiger partial charge in [-0.3, -0.25) is 0 Å². The van der Waals surface area contributed by atoms with Gasteiger partial charge >= 0.3 is 0 Å². The van der Waals surface area contributed by atoms with Gasteiger partial charge in [0.2, 0.25) is 0 Å². The number of hydrogen-bond donors (Lipinski definition) is 1. The highest BCUT2D eigenvalue weighted by molar-refractivity contribution is 5.44. The Morgan fingerprint density at radius 2 is 1.88 bits per heavy atom. The van der Waals surface area contributed by atoms with Crippen LogP contribution in [-0.2, 0) is 18.4 Å². The molecule has 138 valence electrons. The lowest BCUT2D eigenvalue weighted by molar-refractivity contribution is -0.0179. The molecule has 1 saturated carbocycles. The molecule has 0 aliphatic heterocycles. The summed E-state index contributed by atoms with van der Waals surface area (Å²) in [4.78, 5) is 0. The van der Waals surface area contributed by atoms with Gasteiger partial charge in [-0.1, -0.05) is 56.7 Å². The van der Waals surface area contributed by atoms with Gasteiger partial charge in [-0.15, -0.1) is 0 Å². The van der Waals surface area contributed by atoms with Gasteiger partial charge in [0.05, 0.1) is 0 Å². The van der Waals surface area contributed by atoms with Crippen LogP contribution in [0.4, 0.5) is 0 Å². The number of aryl methyl sites for hydroxylation is 1. The van der Waals surface area contributed by atoms with E-state index in [0.29, 0.717) is 19.1 Å². The van der Waals surface area contributed by atoms with Crippen molar-refractivity contribution < 1.29 is 9.84 Å². The third-order valence-electron chi connectivity index (χ3n) is 7.06. The van der Waals surface area contributed by atoms with E-state index in [1.54, 1.807) is 0 Å². The molecule has 2 aliphatic carbocycles. The van der Waals surface area contributed by atoms with E-state index in [1.165, 1.54) is 36.0 Å². The van der Waals surface area contributed by atoms with Gasteiger partial charge in [-0.2, -0.15) is 0 Å². The zero-order chi connectivity index (χ0) is 18.2. The Hall–Kier alpha value is -1.80. The standard InChI is InChI=1S/C24H30O2/c1-23(17-25)13-6-14-24(2)21-15-20(11-9-19(21)10-12-22(23)24)26-16-18-7-4-3-5-8-18/h3-5,7-9,11,15,22,25H,6,10,12-14,16-17H2,1-2H3/t22-,23+,24+/m0/s1. The first-order valence-electron chi connectivity index (χ1n) is 9.96. The maximum Gasteiger partial charge on any atom is 0.120 e. The zero-order valence-electron chi connectivity index (χ0n) is 16.0. The van der Waals surface area contributed by atoms with Gasteiger partial charge in [0.25, 0.3) is 0 Å². The minimum absolute atomic E-state index is 0.0472. The molecule has 0 aromatic heterocycles. The number of fused-ring (bicyclic) bond motifs is 3. The largest absolute Gasteiger partial charge is 0.489 e. The van der Waals surface area contributed by atoms with E-state index in [2.05, 4.69) is 56.3 Å². The Bertz CT molecular complexity index is 769. The molecule has 2 nitrogen and oxygen atoms in total. The summed E-state index contributed by atoms with van der Waals surface area (Å²) in [6, 6.07) is 17.0. The zero-order valence-corrected chi connectivity index (χ0v) is 16.0. The Morgan fingerprint density at radius 1 is 1.08 bits per heavy atom. The van der Waals surface area contributed by atoms with Crippen molar-refractivity contribution in [3.63, 3.8) is 0 Å². The molecule has 0 amide bonds. The first-order chi connectivity index (χ1) is 12.5. The van der Waals surface area contributed by atoms with Crippen molar-refractivity contribution in [2.45, 2.75) is 58.0 Å². The quantitative estimate of drug-likeness (QED) is 0.814. The summed E-state index contributed by atoms with van der Waals surface area (Å²) < 4.78 is 6.11. The fourth-order valence-corrected chi connectivity index (χ4v) is 5.59. The maximum absolute atomic E-state index is 10.1. The first kappa shape index (κ1) is 17.6. The lowest BCUT2D eigenvalue weighted by Crippen LogP contribution is -2.50. The third kappa shape index (κ3) is 2.95. The summed E-state index contributed by atoms with van der Waals surface area (Å²) in [6.45, 7) is 5.61. The normalized spacial score (nSPS) is 30.3. The number of benzene rings is 2. The predicted octanol–water partition coefficient (Wildman–Crippen LogP) is 5.27. The second-order valence-corrected chi connectivity index (χ2v) is 8.77. The Morgan fingerprint density at radius 3 is 2.65 bits per heavy atom. The molecule has 26 heavy (non-hydrogen) atoms. The van der Waals surface area contributed by atoms with Crippen LogP contribution in [0.25, 0.3) is 0 Å². The smallest absolute Gasteiger partial charge is 0.120 e. The Labute approximate surface area is 157 Å². The summed E-state index contributed by atoms with van der Waals surface area (Å²) in [5.74, 6) is 1.51. The molecule has 4 rings (SSSR count). The molecule has 0 radical (unpaired) electrons. The van der Waals surface area contributed by atoms with Crippen LogP contribution in [0.5, 0.6) is 5.75 Å². The van der Waals surface area contributed by atoms with Crippen molar-refractivity contribution in [3.8, 4) is 5.75 Å². The first-order valence-corrected chi connectivity index (χ1v) is 9.96. The summed E-state index contributed by atoms with van der Waals surface area (Å²) in [5.41, 5.74) is 4.32. The fraction of sp³-hybridized carbons (Fsp3) is 0.500. The van der Waals surface area contributed by atoms with Gasteiger partial charge in [0.1, 0.15) is 12.4 Å². The Kier molecular flexibility index (Phi) is 4.56. The van der Waals surface area contributed by atoms with Crippen LogP contribution in [0.15, 0.2) is 48.5 Å². The molecule has 2 aliphatic rings. The van der Waals surface area contributed by atoms with E-state index in [0.717, 1.165) is 18.6 Å². The van der Waals surface area contributed by atoms with E-state index in [9.17, 15) is 5.11 Å². The van der Waals surface area contributed by atoms with E-state index in [-0.39, 0.29) is 10.8 Å². The van der Waals surface area contributed by atoms with Crippen molar-refractivity contribution in [1.29, 1.82) is 0 Å². The van der Waals surface area contributed by atoms with Crippen molar-refractivity contribution in [3.05, 3.63) is 65.2 Å². The van der Waals surface area contributed by atoms with E-state index >= 15 is 0 Å². The van der Waals surface area contributed by atoms with Crippen LogP contribution in [0.1, 0.15) is 56.2 Å². The van der Waals surface area contributed by atoms with Crippen LogP contribution < -0.4 is 4.74 Å². The summed E-state index contributed by atoms with van der Waals surface area (Å²) in [5, 5.41) is 10.1. The molecule has 2 heteroatoms. The lowest BCUT2D eigenvalue weighted by Gasteiger charge is -2.55. The second kappa shape index (κ2) is 6.74. The maximum atomic E-state index is 10.1. The van der Waals surface area contributed by atoms with Gasteiger partial charge in [-0.05, 0) is 71.3 Å². The van der Waals surface area contributed by atoms with Crippen molar-refractivity contribution in [2.24, 2.45) is 11.3 Å². The summed E-state index contributed by atoms with van der Waals surface area (Å²) in [6.07, 6.45) is 5.85. The molecular weight excluding hydrogens is 320 g/mol. The molecule has 0 spiro atoms. The topological polar surface area (TPSA) is 29.5 Å². The SMILES string of the molecule is C[C@]1(CO)CCC[C@]2(C)c3cc(OCc4ccccc4)ccc3CC[C@@H]12. The second-order valence-electron chi connectivity index (χ2n) is 8.77. The van der Waals surface area contributed by atoms with Crippen LogP contribution in [0, 0.1) is 11.3 Å². The average molecular weight is 351 g/mol. The minimum atomic E-state index is 0.0472. The Balaban J connectivity index is 1.62. The van der Waals surface area contributed by atoms with Crippen molar-refractivity contribution in [1.82, 2.24) is 0 Å². The molecule has 3 atom stereocenters. The van der Waals surface area contributed by atoms with E-state index in [1.807, 2.05) is 6.07 Å². The third-order valence-corrected chi connectivity index (χ3v) is 7.06. The van der Waals surface area contributed by atoms with Crippen LogP contribution in [0.3, 0.4) is 0 Å². The molecule has 2 aromatic rings. The predicted molar refractivity (Wildman–Crippen MR) is 105 cm³/mol. The fourth-order valence-electron chi connectivity index (χ4n) is 5.59. The highest BCUT2D eigenvalue weighted by atomic mass is 16.5. The number of ether oxygens (including phenoxy) is 1. The van der Waals surface area contributed by atoms with Gasteiger partial charge in [0, 0.05) is 6.61 Å². The average Bonchev–Trinajstić information content (AvgIpc) is 2.67. The lowest BCUT2D eigenvalue weighted by atomic mass is 9.50. The number of aliphatic hydroxyl groups excluding tert-OH is 1. The highest BCUT2D eigenvalue weighted by Gasteiger charge is 2.51.